The summed E-state index contributed by atoms with van der Waals surface area (Å²) in [6, 6.07) is 0. The van der Waals surface area contributed by atoms with Crippen molar-refractivity contribution in [3.05, 3.63) is 35.5 Å². The van der Waals surface area contributed by atoms with E-state index in [4.69, 9.17) is 9.47 Å². The van der Waals surface area contributed by atoms with Gasteiger partial charge in [0.1, 0.15) is 0 Å². The summed E-state index contributed by atoms with van der Waals surface area (Å²) in [6.07, 6.45) is 0.214. The highest BCUT2D eigenvalue weighted by molar-refractivity contribution is 5.53. The molecule has 2 nitrogen and oxygen atoms in total. The Labute approximate surface area is 84.9 Å². The second-order valence-electron chi connectivity index (χ2n) is 3.94. The van der Waals surface area contributed by atoms with Gasteiger partial charge in [-0.2, -0.15) is 0 Å². The molecule has 0 unspecified atom stereocenters. The molecule has 0 bridgehead atoms. The molecule has 0 saturated carbocycles. The molecule has 2 atom stereocenters. The van der Waals surface area contributed by atoms with Crippen LogP contribution >= 0.6 is 0 Å². The van der Waals surface area contributed by atoms with E-state index < -0.39 is 0 Å². The van der Waals surface area contributed by atoms with Crippen LogP contribution < -0.4 is 0 Å². The minimum atomic E-state index is 0.107. The van der Waals surface area contributed by atoms with Gasteiger partial charge in [-0.3, -0.25) is 0 Å². The summed E-state index contributed by atoms with van der Waals surface area (Å²) in [5.74, 6) is 0. The fourth-order valence-corrected chi connectivity index (χ4v) is 1.91. The van der Waals surface area contributed by atoms with Crippen molar-refractivity contribution in [2.45, 2.75) is 26.1 Å². The highest BCUT2D eigenvalue weighted by Crippen LogP contribution is 2.35. The third-order valence-electron chi connectivity index (χ3n) is 2.99. The quantitative estimate of drug-likeness (QED) is 0.586. The predicted octanol–water partition coefficient (Wildman–Crippen LogP) is 2.23. The lowest BCUT2D eigenvalue weighted by Gasteiger charge is -2.34. The van der Waals surface area contributed by atoms with Gasteiger partial charge >= 0.3 is 0 Å². The number of ether oxygens (including phenoxy) is 2. The molecule has 14 heavy (non-hydrogen) atoms. The van der Waals surface area contributed by atoms with Crippen molar-refractivity contribution >= 4 is 0 Å². The van der Waals surface area contributed by atoms with Crippen molar-refractivity contribution in [1.29, 1.82) is 0 Å². The van der Waals surface area contributed by atoms with Crippen LogP contribution in [0, 0.1) is 0 Å². The van der Waals surface area contributed by atoms with Crippen molar-refractivity contribution in [3.63, 3.8) is 0 Å². The summed E-state index contributed by atoms with van der Waals surface area (Å²) >= 11 is 0. The molecule has 76 valence electrons. The molecule has 0 spiro atoms. The lowest BCUT2D eigenvalue weighted by molar-refractivity contribution is 0.0566. The molecule has 0 N–H and O–H groups in total. The smallest absolute Gasteiger partial charge is 0.0801 e. The lowest BCUT2D eigenvalue weighted by Crippen LogP contribution is -2.31. The zero-order chi connectivity index (χ0) is 10.3. The van der Waals surface area contributed by atoms with E-state index in [0.717, 1.165) is 11.1 Å². The summed E-state index contributed by atoms with van der Waals surface area (Å²) in [6.45, 7) is 13.5. The van der Waals surface area contributed by atoms with E-state index in [2.05, 4.69) is 13.2 Å². The molecule has 2 aliphatic heterocycles. The summed E-state index contributed by atoms with van der Waals surface area (Å²) in [5, 5.41) is 0. The summed E-state index contributed by atoms with van der Waals surface area (Å²) in [4.78, 5) is 0. The molecule has 0 fully saturated rings. The van der Waals surface area contributed by atoms with Gasteiger partial charge in [0.25, 0.3) is 0 Å². The van der Waals surface area contributed by atoms with Gasteiger partial charge in [0, 0.05) is 0 Å². The molecule has 0 aromatic heterocycles. The van der Waals surface area contributed by atoms with Crippen LogP contribution in [0.25, 0.3) is 0 Å². The standard InChI is InChI=1S/C12H16O2/c1-7-9(3)13-5-11-6-14-10(4)8(2)12(7)11/h9-10H,1-2,5-6H2,3-4H3/t9-,10-/m0/s1. The first-order chi connectivity index (χ1) is 6.61. The Bertz CT molecular complexity index is 295. The minimum Gasteiger partial charge on any atom is -0.369 e. The van der Waals surface area contributed by atoms with Crippen LogP contribution in [0.3, 0.4) is 0 Å². The molecular formula is C12H16O2. The van der Waals surface area contributed by atoms with Crippen LogP contribution in [0.5, 0.6) is 0 Å². The van der Waals surface area contributed by atoms with E-state index in [-0.39, 0.29) is 12.2 Å². The van der Waals surface area contributed by atoms with E-state index in [9.17, 15) is 0 Å². The van der Waals surface area contributed by atoms with Crippen molar-refractivity contribution in [2.75, 3.05) is 13.2 Å². The maximum atomic E-state index is 5.56. The molecule has 2 aliphatic rings. The molecular weight excluding hydrogens is 176 g/mol. The van der Waals surface area contributed by atoms with Crippen LogP contribution in [-0.4, -0.2) is 25.4 Å². The summed E-state index contributed by atoms with van der Waals surface area (Å²) < 4.78 is 11.1. The SMILES string of the molecule is C=C1C2=C(CO[C@H]1C)CO[C@@H](C)C2=C. The molecule has 0 aromatic carbocycles. The third-order valence-corrected chi connectivity index (χ3v) is 2.99. The van der Waals surface area contributed by atoms with Gasteiger partial charge in [-0.15, -0.1) is 0 Å². The highest BCUT2D eigenvalue weighted by atomic mass is 16.5. The summed E-state index contributed by atoms with van der Waals surface area (Å²) in [7, 11) is 0. The third kappa shape index (κ3) is 1.35. The van der Waals surface area contributed by atoms with E-state index in [1.807, 2.05) is 13.8 Å². The second kappa shape index (κ2) is 3.37. The van der Waals surface area contributed by atoms with Crippen molar-refractivity contribution in [1.82, 2.24) is 0 Å². The van der Waals surface area contributed by atoms with Gasteiger partial charge < -0.3 is 9.47 Å². The van der Waals surface area contributed by atoms with Gasteiger partial charge in [0.15, 0.2) is 0 Å². The van der Waals surface area contributed by atoms with Crippen molar-refractivity contribution in [3.8, 4) is 0 Å². The molecule has 2 heteroatoms. The molecule has 0 amide bonds. The van der Waals surface area contributed by atoms with Gasteiger partial charge in [0.2, 0.25) is 0 Å². The van der Waals surface area contributed by atoms with Crippen LogP contribution in [0.1, 0.15) is 13.8 Å². The molecule has 0 saturated heterocycles. The largest absolute Gasteiger partial charge is 0.369 e. The predicted molar refractivity (Wildman–Crippen MR) is 56.1 cm³/mol. The molecule has 0 radical (unpaired) electrons. The van der Waals surface area contributed by atoms with E-state index in [0.29, 0.717) is 13.2 Å². The van der Waals surface area contributed by atoms with Crippen molar-refractivity contribution < 1.29 is 9.47 Å². The van der Waals surface area contributed by atoms with Gasteiger partial charge in [-0.05, 0) is 36.1 Å². The van der Waals surface area contributed by atoms with Gasteiger partial charge in [0.05, 0.1) is 25.4 Å². The van der Waals surface area contributed by atoms with Crippen LogP contribution in [0.15, 0.2) is 35.5 Å². The number of rotatable bonds is 0. The molecule has 0 aliphatic carbocycles. The Hall–Kier alpha value is -0.860. The Kier molecular flexibility index (Phi) is 2.33. The Morgan fingerprint density at radius 1 is 1.00 bits per heavy atom. The van der Waals surface area contributed by atoms with E-state index in [1.54, 1.807) is 0 Å². The van der Waals surface area contributed by atoms with Gasteiger partial charge in [-0.25, -0.2) is 0 Å². The highest BCUT2D eigenvalue weighted by Gasteiger charge is 2.29. The zero-order valence-corrected chi connectivity index (χ0v) is 8.80. The number of hydrogen-bond acceptors (Lipinski definition) is 2. The molecule has 2 rings (SSSR count). The lowest BCUT2D eigenvalue weighted by atomic mass is 9.86. The summed E-state index contributed by atoms with van der Waals surface area (Å²) in [5.41, 5.74) is 4.50. The first-order valence-corrected chi connectivity index (χ1v) is 4.95. The van der Waals surface area contributed by atoms with E-state index >= 15 is 0 Å². The van der Waals surface area contributed by atoms with Gasteiger partial charge in [-0.1, -0.05) is 13.2 Å². The van der Waals surface area contributed by atoms with Crippen molar-refractivity contribution in [2.24, 2.45) is 0 Å². The van der Waals surface area contributed by atoms with Crippen LogP contribution in [-0.2, 0) is 9.47 Å². The zero-order valence-electron chi connectivity index (χ0n) is 8.80. The Morgan fingerprint density at radius 2 is 1.43 bits per heavy atom. The van der Waals surface area contributed by atoms with Crippen LogP contribution in [0.2, 0.25) is 0 Å². The first-order valence-electron chi connectivity index (χ1n) is 4.95. The Balaban J connectivity index is 2.40. The fourth-order valence-electron chi connectivity index (χ4n) is 1.91. The molecule has 0 aromatic rings. The maximum Gasteiger partial charge on any atom is 0.0801 e. The Morgan fingerprint density at radius 3 is 1.86 bits per heavy atom. The average molecular weight is 192 g/mol. The minimum absolute atomic E-state index is 0.107. The van der Waals surface area contributed by atoms with Crippen LogP contribution in [0.4, 0.5) is 0 Å². The van der Waals surface area contributed by atoms with E-state index in [1.165, 1.54) is 11.1 Å². The first kappa shape index (κ1) is 9.69. The fraction of sp³-hybridized carbons (Fsp3) is 0.500. The average Bonchev–Trinajstić information content (AvgIpc) is 2.17. The molecule has 2 heterocycles. The second-order valence-corrected chi connectivity index (χ2v) is 3.94. The maximum absolute atomic E-state index is 5.56. The normalized spacial score (nSPS) is 33.3. The monoisotopic (exact) mass is 192 g/mol. The topological polar surface area (TPSA) is 18.5 Å². The number of hydrogen-bond donors (Lipinski definition) is 0.